The van der Waals surface area contributed by atoms with E-state index in [1.807, 2.05) is 24.3 Å². The molecule has 20 heavy (non-hydrogen) atoms. The number of hydrogen-bond donors (Lipinski definition) is 1. The highest BCUT2D eigenvalue weighted by Gasteiger charge is 2.14. The minimum absolute atomic E-state index is 0. The van der Waals surface area contributed by atoms with Crippen LogP contribution in [0, 0.1) is 5.92 Å². The fourth-order valence-corrected chi connectivity index (χ4v) is 2.71. The van der Waals surface area contributed by atoms with E-state index in [2.05, 4.69) is 33.2 Å². The van der Waals surface area contributed by atoms with Gasteiger partial charge in [0.2, 0.25) is 0 Å². The van der Waals surface area contributed by atoms with E-state index in [1.165, 1.54) is 32.5 Å². The van der Waals surface area contributed by atoms with Crippen molar-refractivity contribution in [3.05, 3.63) is 28.7 Å². The average molecular weight is 364 g/mol. The minimum Gasteiger partial charge on any atom is -0.492 e. The van der Waals surface area contributed by atoms with E-state index < -0.39 is 0 Å². The van der Waals surface area contributed by atoms with Crippen molar-refractivity contribution in [3.8, 4) is 5.75 Å². The zero-order chi connectivity index (χ0) is 13.5. The summed E-state index contributed by atoms with van der Waals surface area (Å²) in [5, 5.41) is 3.41. The van der Waals surface area contributed by atoms with E-state index in [9.17, 15) is 0 Å². The molecular formula is C15H24BrClN2O. The summed E-state index contributed by atoms with van der Waals surface area (Å²) in [5.74, 6) is 1.79. The van der Waals surface area contributed by atoms with Crippen LogP contribution >= 0.6 is 28.3 Å². The molecule has 2 rings (SSSR count). The number of likely N-dealkylation sites (N-methyl/N-ethyl adjacent to an activating group) is 1. The Balaban J connectivity index is 0.00000200. The predicted octanol–water partition coefficient (Wildman–Crippen LogP) is 3.18. The zero-order valence-corrected chi connectivity index (χ0v) is 14.4. The molecule has 0 radical (unpaired) electrons. The first kappa shape index (κ1) is 17.8. The fourth-order valence-electron chi connectivity index (χ4n) is 2.45. The van der Waals surface area contributed by atoms with Crippen LogP contribution in [0.15, 0.2) is 28.7 Å². The lowest BCUT2D eigenvalue weighted by atomic mass is 9.98. The van der Waals surface area contributed by atoms with Gasteiger partial charge in [-0.1, -0.05) is 15.9 Å². The molecule has 5 heteroatoms. The highest BCUT2D eigenvalue weighted by molar-refractivity contribution is 9.10. The molecule has 0 spiro atoms. The molecule has 0 saturated carbocycles. The molecule has 1 aromatic rings. The summed E-state index contributed by atoms with van der Waals surface area (Å²) >= 11 is 3.42. The summed E-state index contributed by atoms with van der Waals surface area (Å²) in [6, 6.07) is 8.01. The Kier molecular flexibility index (Phi) is 8.53. The summed E-state index contributed by atoms with van der Waals surface area (Å²) < 4.78 is 6.83. The molecule has 1 saturated heterocycles. The third-order valence-electron chi connectivity index (χ3n) is 3.58. The Morgan fingerprint density at radius 3 is 2.55 bits per heavy atom. The van der Waals surface area contributed by atoms with Crippen molar-refractivity contribution >= 4 is 28.3 Å². The van der Waals surface area contributed by atoms with E-state index in [-0.39, 0.29) is 12.4 Å². The van der Waals surface area contributed by atoms with Crippen LogP contribution in [0.1, 0.15) is 12.8 Å². The summed E-state index contributed by atoms with van der Waals surface area (Å²) in [5.41, 5.74) is 0. The van der Waals surface area contributed by atoms with E-state index in [1.54, 1.807) is 0 Å². The lowest BCUT2D eigenvalue weighted by molar-refractivity contribution is 0.199. The van der Waals surface area contributed by atoms with Crippen LogP contribution in [0.2, 0.25) is 0 Å². The molecule has 0 unspecified atom stereocenters. The van der Waals surface area contributed by atoms with E-state index in [4.69, 9.17) is 4.74 Å². The van der Waals surface area contributed by atoms with Gasteiger partial charge >= 0.3 is 0 Å². The summed E-state index contributed by atoms with van der Waals surface area (Å²) in [6.45, 7) is 5.27. The minimum atomic E-state index is 0. The second-order valence-corrected chi connectivity index (χ2v) is 6.17. The largest absolute Gasteiger partial charge is 0.492 e. The first-order valence-corrected chi connectivity index (χ1v) is 7.81. The second kappa shape index (κ2) is 9.61. The van der Waals surface area contributed by atoms with Gasteiger partial charge in [0.25, 0.3) is 0 Å². The van der Waals surface area contributed by atoms with Crippen LogP contribution in [-0.2, 0) is 0 Å². The van der Waals surface area contributed by atoms with Crippen LogP contribution in [0.25, 0.3) is 0 Å². The Morgan fingerprint density at radius 1 is 1.25 bits per heavy atom. The molecule has 3 nitrogen and oxygen atoms in total. The van der Waals surface area contributed by atoms with Crippen LogP contribution in [0.5, 0.6) is 5.75 Å². The third kappa shape index (κ3) is 6.44. The average Bonchev–Trinajstić information content (AvgIpc) is 2.42. The molecule has 0 bridgehead atoms. The highest BCUT2D eigenvalue weighted by Crippen LogP contribution is 2.16. The van der Waals surface area contributed by atoms with Gasteiger partial charge in [-0.2, -0.15) is 0 Å². The van der Waals surface area contributed by atoms with Crippen molar-refractivity contribution in [2.24, 2.45) is 5.92 Å². The van der Waals surface area contributed by atoms with Gasteiger partial charge in [-0.25, -0.2) is 0 Å². The molecule has 0 atom stereocenters. The Bertz CT molecular complexity index is 369. The summed E-state index contributed by atoms with van der Waals surface area (Å²) in [6.07, 6.45) is 2.61. The lowest BCUT2D eigenvalue weighted by Gasteiger charge is -2.27. The van der Waals surface area contributed by atoms with Crippen molar-refractivity contribution < 1.29 is 4.74 Å². The number of halogens is 2. The first-order chi connectivity index (χ1) is 9.24. The molecule has 0 aliphatic carbocycles. The Morgan fingerprint density at radius 2 is 1.90 bits per heavy atom. The van der Waals surface area contributed by atoms with Crippen molar-refractivity contribution in [1.29, 1.82) is 0 Å². The number of hydrogen-bond acceptors (Lipinski definition) is 3. The lowest BCUT2D eigenvalue weighted by Crippen LogP contribution is -2.36. The van der Waals surface area contributed by atoms with Gasteiger partial charge in [-0.15, -0.1) is 12.4 Å². The smallest absolute Gasteiger partial charge is 0.119 e. The number of benzene rings is 1. The van der Waals surface area contributed by atoms with E-state index in [0.717, 1.165) is 29.3 Å². The van der Waals surface area contributed by atoms with Crippen LogP contribution < -0.4 is 10.1 Å². The van der Waals surface area contributed by atoms with Crippen molar-refractivity contribution in [3.63, 3.8) is 0 Å². The molecule has 0 aromatic heterocycles. The third-order valence-corrected chi connectivity index (χ3v) is 4.11. The molecule has 114 valence electrons. The van der Waals surface area contributed by atoms with Crippen LogP contribution in [-0.4, -0.2) is 44.7 Å². The highest BCUT2D eigenvalue weighted by atomic mass is 79.9. The topological polar surface area (TPSA) is 24.5 Å². The number of nitrogens with one attached hydrogen (secondary N) is 1. The van der Waals surface area contributed by atoms with Crippen molar-refractivity contribution in [1.82, 2.24) is 10.2 Å². The van der Waals surface area contributed by atoms with Crippen LogP contribution in [0.3, 0.4) is 0 Å². The second-order valence-electron chi connectivity index (χ2n) is 5.26. The van der Waals surface area contributed by atoms with Crippen molar-refractivity contribution in [2.75, 3.05) is 39.8 Å². The van der Waals surface area contributed by atoms with E-state index in [0.29, 0.717) is 0 Å². The molecule has 1 aliphatic rings. The van der Waals surface area contributed by atoms with Gasteiger partial charge < -0.3 is 15.0 Å². The molecular weight excluding hydrogens is 340 g/mol. The zero-order valence-electron chi connectivity index (χ0n) is 12.0. The maximum atomic E-state index is 5.75. The normalized spacial score (nSPS) is 15.9. The number of ether oxygens (including phenoxy) is 1. The maximum Gasteiger partial charge on any atom is 0.119 e. The number of piperidine rings is 1. The molecule has 1 aromatic carbocycles. The van der Waals surface area contributed by atoms with Gasteiger partial charge in [0.15, 0.2) is 0 Å². The number of nitrogens with zero attached hydrogens (tertiary/aromatic N) is 1. The molecule has 1 aliphatic heterocycles. The van der Waals surface area contributed by atoms with Crippen molar-refractivity contribution in [2.45, 2.75) is 12.8 Å². The van der Waals surface area contributed by atoms with Gasteiger partial charge in [0.1, 0.15) is 12.4 Å². The first-order valence-electron chi connectivity index (χ1n) is 7.01. The standard InChI is InChI=1S/C15H23BrN2O.ClH/c1-18(12-13-6-8-17-9-7-13)10-11-19-15-4-2-14(16)3-5-15;/h2-5,13,17H,6-12H2,1H3;1H. The Labute approximate surface area is 136 Å². The molecule has 0 amide bonds. The molecule has 1 N–H and O–H groups in total. The Hall–Kier alpha value is -0.290. The quantitative estimate of drug-likeness (QED) is 0.840. The van der Waals surface area contributed by atoms with Gasteiger partial charge in [0, 0.05) is 17.6 Å². The van der Waals surface area contributed by atoms with Crippen LogP contribution in [0.4, 0.5) is 0 Å². The van der Waals surface area contributed by atoms with Gasteiger partial charge in [-0.05, 0) is 63.2 Å². The molecule has 1 heterocycles. The molecule has 1 fully saturated rings. The predicted molar refractivity (Wildman–Crippen MR) is 90.0 cm³/mol. The maximum absolute atomic E-state index is 5.75. The monoisotopic (exact) mass is 362 g/mol. The summed E-state index contributed by atoms with van der Waals surface area (Å²) in [4.78, 5) is 2.38. The SMILES string of the molecule is CN(CCOc1ccc(Br)cc1)CC1CCNCC1.Cl. The van der Waals surface area contributed by atoms with Gasteiger partial charge in [-0.3, -0.25) is 0 Å². The van der Waals surface area contributed by atoms with Gasteiger partial charge in [0.05, 0.1) is 0 Å². The summed E-state index contributed by atoms with van der Waals surface area (Å²) in [7, 11) is 2.19. The van der Waals surface area contributed by atoms with E-state index >= 15 is 0 Å². The number of rotatable bonds is 6. The fraction of sp³-hybridized carbons (Fsp3) is 0.600.